The zero-order valence-electron chi connectivity index (χ0n) is 11.9. The summed E-state index contributed by atoms with van der Waals surface area (Å²) in [6.07, 6.45) is 0. The molecule has 0 aromatic carbocycles. The monoisotopic (exact) mass is 258 g/mol. The van der Waals surface area contributed by atoms with Crippen molar-refractivity contribution in [2.45, 2.75) is 46.7 Å². The SMILES string of the molecule is C/C(=N/O)C(C)NCC(C)CNC(C)/C(C)=N\O. The maximum absolute atomic E-state index is 8.63. The lowest BCUT2D eigenvalue weighted by atomic mass is 10.1. The number of nitrogens with zero attached hydrogens (tertiary/aromatic N) is 2. The molecule has 0 aliphatic rings. The van der Waals surface area contributed by atoms with Crippen molar-refractivity contribution >= 4 is 11.4 Å². The summed E-state index contributed by atoms with van der Waals surface area (Å²) in [6.45, 7) is 11.2. The van der Waals surface area contributed by atoms with Crippen LogP contribution in [0.1, 0.15) is 34.6 Å². The third-order valence-electron chi connectivity index (χ3n) is 3.11. The quantitative estimate of drug-likeness (QED) is 0.300. The summed E-state index contributed by atoms with van der Waals surface area (Å²) >= 11 is 0. The van der Waals surface area contributed by atoms with E-state index in [1.807, 2.05) is 13.8 Å². The summed E-state index contributed by atoms with van der Waals surface area (Å²) in [6, 6.07) is 0.131. The minimum Gasteiger partial charge on any atom is -0.411 e. The topological polar surface area (TPSA) is 89.2 Å². The highest BCUT2D eigenvalue weighted by molar-refractivity contribution is 5.86. The summed E-state index contributed by atoms with van der Waals surface area (Å²) in [5.74, 6) is 0.424. The molecule has 4 N–H and O–H groups in total. The highest BCUT2D eigenvalue weighted by Gasteiger charge is 2.10. The van der Waals surface area contributed by atoms with Gasteiger partial charge in [0, 0.05) is 12.1 Å². The van der Waals surface area contributed by atoms with Gasteiger partial charge in [-0.25, -0.2) is 0 Å². The van der Waals surface area contributed by atoms with Gasteiger partial charge in [0.15, 0.2) is 0 Å². The standard InChI is InChI=1S/C12H26N4O2/c1-8(6-13-9(2)11(4)15-17)7-14-10(3)12(5)16-18/h8-10,13-14,17-18H,6-7H2,1-5H3/b15-11-,16-12-. The molecule has 2 atom stereocenters. The number of nitrogens with one attached hydrogen (secondary N) is 2. The van der Waals surface area contributed by atoms with Gasteiger partial charge in [-0.05, 0) is 46.7 Å². The lowest BCUT2D eigenvalue weighted by molar-refractivity contribution is 0.314. The van der Waals surface area contributed by atoms with Crippen LogP contribution in [-0.2, 0) is 0 Å². The normalized spacial score (nSPS) is 18.5. The van der Waals surface area contributed by atoms with Crippen molar-refractivity contribution in [1.29, 1.82) is 0 Å². The van der Waals surface area contributed by atoms with E-state index in [4.69, 9.17) is 10.4 Å². The van der Waals surface area contributed by atoms with Crippen LogP contribution in [0.2, 0.25) is 0 Å². The molecule has 0 spiro atoms. The van der Waals surface area contributed by atoms with Gasteiger partial charge >= 0.3 is 0 Å². The minimum absolute atomic E-state index is 0.0654. The molecule has 2 unspecified atom stereocenters. The van der Waals surface area contributed by atoms with E-state index in [9.17, 15) is 0 Å². The predicted molar refractivity (Wildman–Crippen MR) is 73.9 cm³/mol. The van der Waals surface area contributed by atoms with Crippen molar-refractivity contribution in [3.8, 4) is 0 Å². The van der Waals surface area contributed by atoms with E-state index >= 15 is 0 Å². The van der Waals surface area contributed by atoms with Crippen LogP contribution in [-0.4, -0.2) is 47.0 Å². The van der Waals surface area contributed by atoms with Crippen molar-refractivity contribution < 1.29 is 10.4 Å². The Bertz CT molecular complexity index is 264. The molecule has 0 aromatic heterocycles. The van der Waals surface area contributed by atoms with Crippen LogP contribution in [0.15, 0.2) is 10.3 Å². The molecule has 0 rings (SSSR count). The Balaban J connectivity index is 3.89. The van der Waals surface area contributed by atoms with E-state index in [-0.39, 0.29) is 12.1 Å². The Morgan fingerprint density at radius 3 is 1.50 bits per heavy atom. The smallest absolute Gasteiger partial charge is 0.0706 e. The Morgan fingerprint density at radius 1 is 0.889 bits per heavy atom. The number of rotatable bonds is 8. The average Bonchev–Trinajstić information content (AvgIpc) is 2.39. The molecule has 0 aliphatic carbocycles. The van der Waals surface area contributed by atoms with Crippen LogP contribution in [0.5, 0.6) is 0 Å². The highest BCUT2D eigenvalue weighted by atomic mass is 16.4. The lowest BCUT2D eigenvalue weighted by Gasteiger charge is -2.19. The summed E-state index contributed by atoms with van der Waals surface area (Å²) in [5, 5.41) is 30.2. The van der Waals surface area contributed by atoms with Crippen molar-refractivity contribution in [2.24, 2.45) is 16.2 Å². The molecule has 0 radical (unpaired) electrons. The third-order valence-corrected chi connectivity index (χ3v) is 3.11. The molecule has 0 aromatic rings. The Kier molecular flexibility index (Phi) is 8.32. The summed E-state index contributed by atoms with van der Waals surface area (Å²) in [4.78, 5) is 0. The second-order valence-corrected chi connectivity index (χ2v) is 4.85. The second-order valence-electron chi connectivity index (χ2n) is 4.85. The number of hydrogen-bond donors (Lipinski definition) is 4. The van der Waals surface area contributed by atoms with Crippen molar-refractivity contribution in [3.63, 3.8) is 0 Å². The van der Waals surface area contributed by atoms with E-state index in [2.05, 4.69) is 27.9 Å². The van der Waals surface area contributed by atoms with Crippen molar-refractivity contribution in [3.05, 3.63) is 0 Å². The first-order valence-corrected chi connectivity index (χ1v) is 6.26. The van der Waals surface area contributed by atoms with Crippen LogP contribution in [0.4, 0.5) is 0 Å². The Labute approximate surface area is 109 Å². The molecule has 0 fully saturated rings. The van der Waals surface area contributed by atoms with E-state index in [0.29, 0.717) is 17.3 Å². The summed E-state index contributed by atoms with van der Waals surface area (Å²) in [5.41, 5.74) is 1.35. The van der Waals surface area contributed by atoms with Gasteiger partial charge in [-0.1, -0.05) is 17.2 Å². The maximum Gasteiger partial charge on any atom is 0.0706 e. The molecule has 6 nitrogen and oxygen atoms in total. The van der Waals surface area contributed by atoms with Crippen LogP contribution in [0, 0.1) is 5.92 Å². The molecule has 0 saturated heterocycles. The highest BCUT2D eigenvalue weighted by Crippen LogP contribution is 1.95. The van der Waals surface area contributed by atoms with Crippen LogP contribution in [0.3, 0.4) is 0 Å². The number of hydrogen-bond acceptors (Lipinski definition) is 6. The summed E-state index contributed by atoms with van der Waals surface area (Å²) < 4.78 is 0. The van der Waals surface area contributed by atoms with E-state index in [1.54, 1.807) is 13.8 Å². The van der Waals surface area contributed by atoms with Gasteiger partial charge in [-0.3, -0.25) is 0 Å². The molecule has 0 heterocycles. The van der Waals surface area contributed by atoms with Crippen LogP contribution >= 0.6 is 0 Å². The fraction of sp³-hybridized carbons (Fsp3) is 0.833. The molecule has 0 bridgehead atoms. The van der Waals surface area contributed by atoms with Gasteiger partial charge < -0.3 is 21.0 Å². The average molecular weight is 258 g/mol. The molecule has 18 heavy (non-hydrogen) atoms. The molecule has 106 valence electrons. The van der Waals surface area contributed by atoms with E-state index in [0.717, 1.165) is 13.1 Å². The summed E-state index contributed by atoms with van der Waals surface area (Å²) in [7, 11) is 0. The number of oxime groups is 2. The maximum atomic E-state index is 8.63. The zero-order valence-corrected chi connectivity index (χ0v) is 11.9. The van der Waals surface area contributed by atoms with Crippen LogP contribution < -0.4 is 10.6 Å². The molecular formula is C12H26N4O2. The Morgan fingerprint density at radius 2 is 1.22 bits per heavy atom. The first-order valence-electron chi connectivity index (χ1n) is 6.26. The van der Waals surface area contributed by atoms with Crippen molar-refractivity contribution in [1.82, 2.24) is 10.6 Å². The van der Waals surface area contributed by atoms with Gasteiger partial charge in [0.25, 0.3) is 0 Å². The van der Waals surface area contributed by atoms with Gasteiger partial charge in [-0.15, -0.1) is 0 Å². The fourth-order valence-electron chi connectivity index (χ4n) is 1.30. The van der Waals surface area contributed by atoms with Gasteiger partial charge in [0.05, 0.1) is 11.4 Å². The molecule has 0 aliphatic heterocycles. The minimum atomic E-state index is 0.0654. The van der Waals surface area contributed by atoms with E-state index in [1.165, 1.54) is 0 Å². The molecule has 0 amide bonds. The largest absolute Gasteiger partial charge is 0.411 e. The molecule has 0 saturated carbocycles. The van der Waals surface area contributed by atoms with Gasteiger partial charge in [-0.2, -0.15) is 0 Å². The van der Waals surface area contributed by atoms with Crippen molar-refractivity contribution in [2.75, 3.05) is 13.1 Å². The molecule has 6 heteroatoms. The first kappa shape index (κ1) is 16.9. The molecular weight excluding hydrogens is 232 g/mol. The second kappa shape index (κ2) is 8.88. The lowest BCUT2D eigenvalue weighted by Crippen LogP contribution is -2.41. The zero-order chi connectivity index (χ0) is 14.1. The predicted octanol–water partition coefficient (Wildman–Crippen LogP) is 1.28. The fourth-order valence-corrected chi connectivity index (χ4v) is 1.30. The van der Waals surface area contributed by atoms with E-state index < -0.39 is 0 Å². The van der Waals surface area contributed by atoms with Crippen LogP contribution in [0.25, 0.3) is 0 Å². The van der Waals surface area contributed by atoms with Gasteiger partial charge in [0.1, 0.15) is 0 Å². The first-order chi connectivity index (χ1) is 8.42. The third kappa shape index (κ3) is 6.56. The Hall–Kier alpha value is -1.14. The van der Waals surface area contributed by atoms with Gasteiger partial charge in [0.2, 0.25) is 0 Å².